The highest BCUT2D eigenvalue weighted by atomic mass is 19.4. The zero-order valence-corrected chi connectivity index (χ0v) is 17.9. The van der Waals surface area contributed by atoms with Crippen molar-refractivity contribution in [3.63, 3.8) is 0 Å². The predicted octanol–water partition coefficient (Wildman–Crippen LogP) is 6.79. The SMILES string of the molecule is CCc1cc(C(F)(C(F)(F)F)C(F)(F)F)cc(C)c1CC(=O)c1ccc2c(c1)CCCC2=O. The van der Waals surface area contributed by atoms with Crippen molar-refractivity contribution in [2.75, 3.05) is 0 Å². The first kappa shape index (κ1) is 24.9. The Morgan fingerprint density at radius 2 is 1.58 bits per heavy atom. The minimum atomic E-state index is -6.21. The van der Waals surface area contributed by atoms with Gasteiger partial charge in [0.05, 0.1) is 0 Å². The third-order valence-electron chi connectivity index (χ3n) is 6.04. The lowest BCUT2D eigenvalue weighted by Gasteiger charge is -2.31. The molecule has 2 nitrogen and oxygen atoms in total. The van der Waals surface area contributed by atoms with Crippen LogP contribution < -0.4 is 0 Å². The van der Waals surface area contributed by atoms with Crippen LogP contribution in [0.3, 0.4) is 0 Å². The summed E-state index contributed by atoms with van der Waals surface area (Å²) in [5, 5.41) is 0. The molecule has 0 aromatic heterocycles. The van der Waals surface area contributed by atoms with Crippen LogP contribution in [0.1, 0.15) is 68.3 Å². The van der Waals surface area contributed by atoms with Gasteiger partial charge in [-0.25, -0.2) is 4.39 Å². The molecule has 33 heavy (non-hydrogen) atoms. The third-order valence-corrected chi connectivity index (χ3v) is 6.04. The largest absolute Gasteiger partial charge is 0.435 e. The van der Waals surface area contributed by atoms with Crippen LogP contribution in [0.15, 0.2) is 30.3 Å². The molecule has 9 heteroatoms. The first-order chi connectivity index (χ1) is 15.2. The molecular formula is C24H21F7O2. The number of rotatable bonds is 5. The standard InChI is InChI=1S/C24H21F7O2/c1-3-14-11-17(22(25,23(26,27)28)24(29,30)31)9-13(2)19(14)12-21(33)16-7-8-18-15(10-16)5-4-6-20(18)32/h7-11H,3-6,12H2,1-2H3. The molecule has 178 valence electrons. The number of Topliss-reactive ketones (excluding diaryl/α,β-unsaturated/α-hetero) is 2. The molecule has 1 aliphatic rings. The molecule has 0 fully saturated rings. The molecule has 0 radical (unpaired) electrons. The summed E-state index contributed by atoms with van der Waals surface area (Å²) in [4.78, 5) is 24.8. The number of aryl methyl sites for hydroxylation is 3. The molecular weight excluding hydrogens is 453 g/mol. The summed E-state index contributed by atoms with van der Waals surface area (Å²) >= 11 is 0. The van der Waals surface area contributed by atoms with Gasteiger partial charge >= 0.3 is 18.0 Å². The highest BCUT2D eigenvalue weighted by Crippen LogP contribution is 2.53. The van der Waals surface area contributed by atoms with E-state index in [0.717, 1.165) is 5.56 Å². The Labute approximate surface area is 185 Å². The van der Waals surface area contributed by atoms with E-state index in [1.165, 1.54) is 19.9 Å². The van der Waals surface area contributed by atoms with Gasteiger partial charge in [-0.15, -0.1) is 0 Å². The normalized spacial score (nSPS) is 14.9. The van der Waals surface area contributed by atoms with E-state index in [0.29, 0.717) is 42.5 Å². The molecule has 3 rings (SSSR count). The highest BCUT2D eigenvalue weighted by molar-refractivity contribution is 6.02. The number of carbonyl (C=O) groups is 2. The van der Waals surface area contributed by atoms with Gasteiger partial charge in [-0.2, -0.15) is 26.3 Å². The Kier molecular flexibility index (Phi) is 6.47. The maximum absolute atomic E-state index is 14.5. The minimum Gasteiger partial charge on any atom is -0.294 e. The van der Waals surface area contributed by atoms with Gasteiger partial charge in [-0.05, 0) is 54.5 Å². The van der Waals surface area contributed by atoms with Gasteiger partial charge in [-0.1, -0.05) is 31.2 Å². The lowest BCUT2D eigenvalue weighted by Crippen LogP contribution is -2.50. The Morgan fingerprint density at radius 1 is 0.939 bits per heavy atom. The number of fused-ring (bicyclic) bond motifs is 1. The van der Waals surface area contributed by atoms with Crippen molar-refractivity contribution in [3.05, 3.63) is 69.3 Å². The summed E-state index contributed by atoms with van der Waals surface area (Å²) < 4.78 is 93.6. The molecule has 0 aliphatic heterocycles. The molecule has 2 aromatic carbocycles. The van der Waals surface area contributed by atoms with E-state index in [4.69, 9.17) is 0 Å². The van der Waals surface area contributed by atoms with Crippen molar-refractivity contribution in [2.45, 2.75) is 64.0 Å². The number of halogens is 7. The Bertz CT molecular complexity index is 1080. The number of benzene rings is 2. The molecule has 0 unspecified atom stereocenters. The topological polar surface area (TPSA) is 34.1 Å². The van der Waals surface area contributed by atoms with Crippen LogP contribution in [0.2, 0.25) is 0 Å². The van der Waals surface area contributed by atoms with E-state index >= 15 is 0 Å². The fourth-order valence-corrected chi connectivity index (χ4v) is 4.23. The van der Waals surface area contributed by atoms with Crippen LogP contribution >= 0.6 is 0 Å². The van der Waals surface area contributed by atoms with Crippen LogP contribution in [0, 0.1) is 6.92 Å². The average Bonchev–Trinajstić information content (AvgIpc) is 2.72. The summed E-state index contributed by atoms with van der Waals surface area (Å²) in [6.45, 7) is 2.75. The zero-order valence-electron chi connectivity index (χ0n) is 17.9. The summed E-state index contributed by atoms with van der Waals surface area (Å²) in [6, 6.07) is 5.70. The highest BCUT2D eigenvalue weighted by Gasteiger charge is 2.73. The quantitative estimate of drug-likeness (QED) is 0.353. The first-order valence-electron chi connectivity index (χ1n) is 10.3. The Hall–Kier alpha value is -2.71. The van der Waals surface area contributed by atoms with Gasteiger partial charge in [0.1, 0.15) is 0 Å². The Morgan fingerprint density at radius 3 is 2.15 bits per heavy atom. The molecule has 0 saturated heterocycles. The lowest BCUT2D eigenvalue weighted by molar-refractivity contribution is -0.348. The monoisotopic (exact) mass is 474 g/mol. The van der Waals surface area contributed by atoms with Crippen molar-refractivity contribution < 1.29 is 40.3 Å². The predicted molar refractivity (Wildman–Crippen MR) is 107 cm³/mol. The first-order valence-corrected chi connectivity index (χ1v) is 10.3. The van der Waals surface area contributed by atoms with Gasteiger partial charge in [0, 0.05) is 29.5 Å². The third kappa shape index (κ3) is 4.42. The molecule has 0 amide bonds. The van der Waals surface area contributed by atoms with Gasteiger partial charge < -0.3 is 0 Å². The molecule has 2 aromatic rings. The van der Waals surface area contributed by atoms with Crippen molar-refractivity contribution in [2.24, 2.45) is 0 Å². The molecule has 0 saturated carbocycles. The van der Waals surface area contributed by atoms with Crippen molar-refractivity contribution >= 4 is 11.6 Å². The molecule has 0 N–H and O–H groups in total. The maximum atomic E-state index is 14.5. The van der Waals surface area contributed by atoms with Gasteiger partial charge in [0.2, 0.25) is 0 Å². The zero-order chi connectivity index (χ0) is 24.8. The average molecular weight is 474 g/mol. The Balaban J connectivity index is 2.00. The van der Waals surface area contributed by atoms with Gasteiger partial charge in [0.15, 0.2) is 11.6 Å². The van der Waals surface area contributed by atoms with E-state index < -0.39 is 29.4 Å². The molecule has 0 bridgehead atoms. The number of carbonyl (C=O) groups excluding carboxylic acids is 2. The van der Waals surface area contributed by atoms with Crippen LogP contribution in [-0.2, 0) is 24.9 Å². The summed E-state index contributed by atoms with van der Waals surface area (Å²) in [6.07, 6.45) is -11.0. The van der Waals surface area contributed by atoms with Gasteiger partial charge in [0.25, 0.3) is 0 Å². The number of hydrogen-bond donors (Lipinski definition) is 0. The van der Waals surface area contributed by atoms with Crippen molar-refractivity contribution in [1.82, 2.24) is 0 Å². The number of hydrogen-bond acceptors (Lipinski definition) is 2. The minimum absolute atomic E-state index is 0.00176. The van der Waals surface area contributed by atoms with Crippen molar-refractivity contribution in [1.29, 1.82) is 0 Å². The summed E-state index contributed by atoms with van der Waals surface area (Å²) in [7, 11) is 0. The second-order valence-electron chi connectivity index (χ2n) is 8.19. The van der Waals surface area contributed by atoms with E-state index in [1.54, 1.807) is 12.1 Å². The van der Waals surface area contributed by atoms with Crippen molar-refractivity contribution in [3.8, 4) is 0 Å². The number of ketones is 2. The van der Waals surface area contributed by atoms with Crippen LogP contribution in [0.25, 0.3) is 0 Å². The molecule has 0 spiro atoms. The molecule has 1 aliphatic carbocycles. The molecule has 0 heterocycles. The van der Waals surface area contributed by atoms with E-state index in [2.05, 4.69) is 0 Å². The fourth-order valence-electron chi connectivity index (χ4n) is 4.23. The molecule has 0 atom stereocenters. The van der Waals surface area contributed by atoms with Crippen LogP contribution in [0.5, 0.6) is 0 Å². The number of alkyl halides is 7. The van der Waals surface area contributed by atoms with E-state index in [-0.39, 0.29) is 35.3 Å². The summed E-state index contributed by atoms with van der Waals surface area (Å²) in [5.41, 5.74) is -5.26. The summed E-state index contributed by atoms with van der Waals surface area (Å²) in [5.74, 6) is -0.418. The van der Waals surface area contributed by atoms with Crippen LogP contribution in [-0.4, -0.2) is 23.9 Å². The van der Waals surface area contributed by atoms with E-state index in [9.17, 15) is 40.3 Å². The van der Waals surface area contributed by atoms with E-state index in [1.807, 2.05) is 0 Å². The second kappa shape index (κ2) is 8.57. The fraction of sp³-hybridized carbons (Fsp3) is 0.417. The van der Waals surface area contributed by atoms with Gasteiger partial charge in [-0.3, -0.25) is 9.59 Å². The second-order valence-corrected chi connectivity index (χ2v) is 8.19. The lowest BCUT2D eigenvalue weighted by atomic mass is 9.85. The smallest absolute Gasteiger partial charge is 0.294 e. The van der Waals surface area contributed by atoms with Crippen LogP contribution in [0.4, 0.5) is 30.7 Å². The maximum Gasteiger partial charge on any atom is 0.435 e.